The monoisotopic (exact) mass is 230 g/mol. The summed E-state index contributed by atoms with van der Waals surface area (Å²) in [4.78, 5) is 22.3. The second-order valence-corrected chi connectivity index (χ2v) is 4.49. The Morgan fingerprint density at radius 1 is 1.19 bits per heavy atom. The molecule has 1 amide bonds. The number of hydrogen-bond donors (Lipinski definition) is 3. The van der Waals surface area contributed by atoms with Crippen molar-refractivity contribution in [2.45, 2.75) is 46.2 Å². The summed E-state index contributed by atoms with van der Waals surface area (Å²) < 4.78 is 0. The molecule has 0 aliphatic rings. The highest BCUT2D eigenvalue weighted by Gasteiger charge is 2.22. The van der Waals surface area contributed by atoms with Gasteiger partial charge in [-0.05, 0) is 5.92 Å². The Morgan fingerprint density at radius 3 is 2.12 bits per heavy atom. The maximum Gasteiger partial charge on any atom is 0.326 e. The molecule has 16 heavy (non-hydrogen) atoms. The minimum absolute atomic E-state index is 0.112. The number of hydrogen-bond acceptors (Lipinski definition) is 3. The number of nitrogens with one attached hydrogen (secondary N) is 2. The van der Waals surface area contributed by atoms with E-state index in [1.807, 2.05) is 13.8 Å². The third kappa shape index (κ3) is 6.40. The zero-order chi connectivity index (χ0) is 12.7. The van der Waals surface area contributed by atoms with Crippen LogP contribution in [0.15, 0.2) is 0 Å². The molecule has 0 aliphatic carbocycles. The van der Waals surface area contributed by atoms with Crippen molar-refractivity contribution in [2.24, 2.45) is 5.92 Å². The third-order valence-corrected chi connectivity index (χ3v) is 2.15. The van der Waals surface area contributed by atoms with E-state index in [1.54, 1.807) is 13.8 Å². The molecule has 3 N–H and O–H groups in total. The Morgan fingerprint density at radius 2 is 1.75 bits per heavy atom. The average Bonchev–Trinajstić information content (AvgIpc) is 2.12. The van der Waals surface area contributed by atoms with Gasteiger partial charge in [0.1, 0.15) is 6.04 Å². The highest BCUT2D eigenvalue weighted by Crippen LogP contribution is 2.01. The average molecular weight is 230 g/mol. The number of aliphatic carboxylic acids is 1. The van der Waals surface area contributed by atoms with Gasteiger partial charge >= 0.3 is 5.97 Å². The summed E-state index contributed by atoms with van der Waals surface area (Å²) in [6, 6.07) is -0.472. The summed E-state index contributed by atoms with van der Waals surface area (Å²) >= 11 is 0. The molecule has 0 rings (SSSR count). The van der Waals surface area contributed by atoms with Gasteiger partial charge in [0.15, 0.2) is 0 Å². The van der Waals surface area contributed by atoms with E-state index in [4.69, 9.17) is 5.11 Å². The smallest absolute Gasteiger partial charge is 0.326 e. The Balaban J connectivity index is 3.97. The summed E-state index contributed by atoms with van der Waals surface area (Å²) in [6.07, 6.45) is 0.300. The van der Waals surface area contributed by atoms with Crippen LogP contribution in [0.2, 0.25) is 0 Å². The van der Waals surface area contributed by atoms with Crippen molar-refractivity contribution in [3.05, 3.63) is 0 Å². The zero-order valence-electron chi connectivity index (χ0n) is 10.4. The Bertz CT molecular complexity index is 239. The quantitative estimate of drug-likeness (QED) is 0.598. The summed E-state index contributed by atoms with van der Waals surface area (Å²) in [5, 5.41) is 14.5. The molecule has 0 aromatic rings. The predicted molar refractivity (Wildman–Crippen MR) is 62.2 cm³/mol. The van der Waals surface area contributed by atoms with Gasteiger partial charge in [-0.2, -0.15) is 0 Å². The van der Waals surface area contributed by atoms with Crippen molar-refractivity contribution in [3.63, 3.8) is 0 Å². The van der Waals surface area contributed by atoms with Gasteiger partial charge in [-0.25, -0.2) is 4.79 Å². The van der Waals surface area contributed by atoms with Crippen LogP contribution in [0.4, 0.5) is 0 Å². The van der Waals surface area contributed by atoms with Crippen LogP contribution >= 0.6 is 0 Å². The van der Waals surface area contributed by atoms with Gasteiger partial charge in [-0.1, -0.05) is 27.7 Å². The SMILES string of the molecule is CC(C)NCCC(=O)N[C@H](C(=O)O)C(C)C. The van der Waals surface area contributed by atoms with Crippen molar-refractivity contribution < 1.29 is 14.7 Å². The third-order valence-electron chi connectivity index (χ3n) is 2.15. The first-order valence-electron chi connectivity index (χ1n) is 5.60. The fourth-order valence-electron chi connectivity index (χ4n) is 1.23. The van der Waals surface area contributed by atoms with Crippen molar-refractivity contribution in [1.82, 2.24) is 10.6 Å². The maximum atomic E-state index is 11.4. The number of carboxylic acids is 1. The molecule has 5 heteroatoms. The first-order valence-corrected chi connectivity index (χ1v) is 5.60. The van der Waals surface area contributed by atoms with Crippen molar-refractivity contribution in [2.75, 3.05) is 6.54 Å². The van der Waals surface area contributed by atoms with E-state index in [0.717, 1.165) is 0 Å². The lowest BCUT2D eigenvalue weighted by Gasteiger charge is -2.18. The molecule has 0 saturated heterocycles. The van der Waals surface area contributed by atoms with Crippen LogP contribution in [-0.4, -0.2) is 35.6 Å². The Labute approximate surface area is 96.6 Å². The van der Waals surface area contributed by atoms with E-state index < -0.39 is 12.0 Å². The van der Waals surface area contributed by atoms with Crippen LogP contribution in [0, 0.1) is 5.92 Å². The van der Waals surface area contributed by atoms with E-state index in [1.165, 1.54) is 0 Å². The van der Waals surface area contributed by atoms with Crippen LogP contribution in [0.1, 0.15) is 34.1 Å². The molecular weight excluding hydrogens is 208 g/mol. The normalized spacial score (nSPS) is 12.9. The Hall–Kier alpha value is -1.10. The first-order chi connectivity index (χ1) is 7.34. The first kappa shape index (κ1) is 14.9. The predicted octanol–water partition coefficient (Wildman–Crippen LogP) is 0.600. The lowest BCUT2D eigenvalue weighted by molar-refractivity contribution is -0.143. The molecule has 1 atom stereocenters. The summed E-state index contributed by atoms with van der Waals surface area (Å²) in [6.45, 7) is 8.09. The van der Waals surface area contributed by atoms with Gasteiger partial charge in [0.25, 0.3) is 0 Å². The second kappa shape index (κ2) is 7.22. The minimum Gasteiger partial charge on any atom is -0.480 e. The van der Waals surface area contributed by atoms with Crippen LogP contribution < -0.4 is 10.6 Å². The van der Waals surface area contributed by atoms with Gasteiger partial charge < -0.3 is 15.7 Å². The van der Waals surface area contributed by atoms with E-state index in [0.29, 0.717) is 19.0 Å². The minimum atomic E-state index is -0.986. The molecule has 5 nitrogen and oxygen atoms in total. The van der Waals surface area contributed by atoms with Gasteiger partial charge in [0.05, 0.1) is 0 Å². The summed E-state index contributed by atoms with van der Waals surface area (Å²) in [5.74, 6) is -1.33. The van der Waals surface area contributed by atoms with Crippen molar-refractivity contribution in [3.8, 4) is 0 Å². The largest absolute Gasteiger partial charge is 0.480 e. The molecular formula is C11H22N2O3. The van der Waals surface area contributed by atoms with Crippen LogP contribution in [0.25, 0.3) is 0 Å². The molecule has 0 bridgehead atoms. The lowest BCUT2D eigenvalue weighted by atomic mass is 10.0. The topological polar surface area (TPSA) is 78.4 Å². The van der Waals surface area contributed by atoms with Gasteiger partial charge in [-0.3, -0.25) is 4.79 Å². The summed E-state index contributed by atoms with van der Waals surface area (Å²) in [5.41, 5.74) is 0. The molecule has 0 saturated carbocycles. The molecule has 94 valence electrons. The summed E-state index contributed by atoms with van der Waals surface area (Å²) in [7, 11) is 0. The molecule has 0 heterocycles. The van der Waals surface area contributed by atoms with Gasteiger partial charge in [0.2, 0.25) is 5.91 Å². The van der Waals surface area contributed by atoms with E-state index in [2.05, 4.69) is 10.6 Å². The number of amides is 1. The van der Waals surface area contributed by atoms with E-state index >= 15 is 0 Å². The highest BCUT2D eigenvalue weighted by atomic mass is 16.4. The standard InChI is InChI=1S/C11H22N2O3/c1-7(2)10(11(15)16)13-9(14)5-6-12-8(3)4/h7-8,10,12H,5-6H2,1-4H3,(H,13,14)(H,15,16)/t10-/m0/s1. The zero-order valence-corrected chi connectivity index (χ0v) is 10.4. The molecule has 0 unspecified atom stereocenters. The molecule has 0 spiro atoms. The van der Waals surface area contributed by atoms with Crippen LogP contribution in [0.3, 0.4) is 0 Å². The van der Waals surface area contributed by atoms with Gasteiger partial charge in [-0.15, -0.1) is 0 Å². The fourth-order valence-corrected chi connectivity index (χ4v) is 1.23. The van der Waals surface area contributed by atoms with Crippen LogP contribution in [0.5, 0.6) is 0 Å². The molecule has 0 aromatic heterocycles. The number of carbonyl (C=O) groups excluding carboxylic acids is 1. The molecule has 0 fully saturated rings. The second-order valence-electron chi connectivity index (χ2n) is 4.49. The number of carbonyl (C=O) groups is 2. The fraction of sp³-hybridized carbons (Fsp3) is 0.818. The number of carboxylic acid groups (broad SMARTS) is 1. The van der Waals surface area contributed by atoms with Gasteiger partial charge in [0, 0.05) is 19.0 Å². The maximum absolute atomic E-state index is 11.4. The lowest BCUT2D eigenvalue weighted by Crippen LogP contribution is -2.45. The molecule has 0 aromatic carbocycles. The van der Waals surface area contributed by atoms with Crippen molar-refractivity contribution in [1.29, 1.82) is 0 Å². The van der Waals surface area contributed by atoms with Crippen molar-refractivity contribution >= 4 is 11.9 Å². The van der Waals surface area contributed by atoms with Crippen LogP contribution in [-0.2, 0) is 9.59 Å². The molecule has 0 aliphatic heterocycles. The number of rotatable bonds is 7. The highest BCUT2D eigenvalue weighted by molar-refractivity contribution is 5.83. The molecule has 0 radical (unpaired) electrons. The van der Waals surface area contributed by atoms with E-state index in [-0.39, 0.29) is 11.8 Å². The van der Waals surface area contributed by atoms with E-state index in [9.17, 15) is 9.59 Å². The Kier molecular flexibility index (Phi) is 6.72.